The molecule has 12 rings (SSSR count). The van der Waals surface area contributed by atoms with E-state index in [1.165, 1.54) is 22.3 Å². The Labute approximate surface area is 364 Å². The van der Waals surface area contributed by atoms with Gasteiger partial charge in [-0.15, -0.1) is 0 Å². The molecule has 296 valence electrons. The first-order valence-corrected chi connectivity index (χ1v) is 21.2. The maximum Gasteiger partial charge on any atom is 0.235 e. The van der Waals surface area contributed by atoms with Gasteiger partial charge in [0.25, 0.3) is 0 Å². The van der Waals surface area contributed by atoms with Gasteiger partial charge >= 0.3 is 0 Å². The Bertz CT molecular complexity index is 3500. The summed E-state index contributed by atoms with van der Waals surface area (Å²) in [5.74, 6) is 0.577. The molecule has 5 nitrogen and oxygen atoms in total. The summed E-state index contributed by atoms with van der Waals surface area (Å²) in [5, 5.41) is 4.35. The van der Waals surface area contributed by atoms with Crippen LogP contribution in [0.1, 0.15) is 0 Å². The fourth-order valence-electron chi connectivity index (χ4n) is 8.97. The zero-order valence-corrected chi connectivity index (χ0v) is 34.1. The first-order valence-electron chi connectivity index (χ1n) is 21.2. The van der Waals surface area contributed by atoms with Crippen molar-refractivity contribution in [2.24, 2.45) is 0 Å². The molecular formula is C58H38N4O. The molecule has 3 aromatic heterocycles. The van der Waals surface area contributed by atoms with Crippen LogP contribution in [0, 0.1) is 0 Å². The molecule has 0 bridgehead atoms. The third kappa shape index (κ3) is 6.42. The van der Waals surface area contributed by atoms with E-state index in [1.807, 2.05) is 18.2 Å². The van der Waals surface area contributed by atoms with Gasteiger partial charge in [0.05, 0.1) is 16.9 Å². The molecule has 9 aromatic carbocycles. The smallest absolute Gasteiger partial charge is 0.235 e. The van der Waals surface area contributed by atoms with Crippen LogP contribution in [0.15, 0.2) is 235 Å². The minimum absolute atomic E-state index is 0.577. The van der Waals surface area contributed by atoms with Crippen LogP contribution in [0.4, 0.5) is 17.1 Å². The second-order valence-corrected chi connectivity index (χ2v) is 15.8. The summed E-state index contributed by atoms with van der Waals surface area (Å²) in [7, 11) is 0. The highest BCUT2D eigenvalue weighted by atomic mass is 16.3. The fraction of sp³-hybridized carbons (Fsp3) is 0. The Morgan fingerprint density at radius 1 is 0.349 bits per heavy atom. The quantitative estimate of drug-likeness (QED) is 0.153. The van der Waals surface area contributed by atoms with E-state index >= 15 is 0 Å². The molecule has 0 atom stereocenters. The molecule has 0 fully saturated rings. The van der Waals surface area contributed by atoms with Gasteiger partial charge in [0.1, 0.15) is 11.1 Å². The molecule has 0 spiro atoms. The van der Waals surface area contributed by atoms with Crippen molar-refractivity contribution < 1.29 is 4.42 Å². The monoisotopic (exact) mass is 806 g/mol. The number of para-hydroxylation sites is 2. The Morgan fingerprint density at radius 3 is 1.35 bits per heavy atom. The molecule has 0 radical (unpaired) electrons. The van der Waals surface area contributed by atoms with E-state index in [0.29, 0.717) is 5.95 Å². The lowest BCUT2D eigenvalue weighted by Gasteiger charge is -2.26. The largest absolute Gasteiger partial charge is 0.454 e. The van der Waals surface area contributed by atoms with Crippen molar-refractivity contribution in [3.8, 4) is 50.7 Å². The lowest BCUT2D eigenvalue weighted by Crippen LogP contribution is -2.10. The normalized spacial score (nSPS) is 11.5. The number of benzene rings is 9. The summed E-state index contributed by atoms with van der Waals surface area (Å²) >= 11 is 0. The van der Waals surface area contributed by atoms with E-state index in [-0.39, 0.29) is 0 Å². The second kappa shape index (κ2) is 15.2. The number of furan rings is 1. The molecule has 5 heteroatoms. The van der Waals surface area contributed by atoms with Crippen LogP contribution in [-0.2, 0) is 0 Å². The number of nitrogens with zero attached hydrogens (tertiary/aromatic N) is 4. The van der Waals surface area contributed by atoms with Crippen molar-refractivity contribution in [1.82, 2.24) is 14.5 Å². The highest BCUT2D eigenvalue weighted by Crippen LogP contribution is 2.41. The zero-order valence-electron chi connectivity index (χ0n) is 34.1. The van der Waals surface area contributed by atoms with E-state index in [4.69, 9.17) is 14.4 Å². The molecule has 0 N–H and O–H groups in total. The van der Waals surface area contributed by atoms with E-state index in [1.54, 1.807) is 0 Å². The second-order valence-electron chi connectivity index (χ2n) is 15.8. The predicted octanol–water partition coefficient (Wildman–Crippen LogP) is 15.6. The number of rotatable bonds is 8. The third-order valence-corrected chi connectivity index (χ3v) is 12.0. The Hall–Kier alpha value is -8.54. The van der Waals surface area contributed by atoms with Crippen molar-refractivity contribution in [3.05, 3.63) is 231 Å². The van der Waals surface area contributed by atoms with Gasteiger partial charge < -0.3 is 9.32 Å². The van der Waals surface area contributed by atoms with Crippen LogP contribution in [0.3, 0.4) is 0 Å². The highest BCUT2D eigenvalue weighted by molar-refractivity contribution is 6.21. The molecule has 0 aliphatic rings. The van der Waals surface area contributed by atoms with Gasteiger partial charge in [-0.05, 0) is 82.9 Å². The Balaban J connectivity index is 1.00. The lowest BCUT2D eigenvalue weighted by molar-refractivity contribution is 0.670. The highest BCUT2D eigenvalue weighted by Gasteiger charge is 2.22. The first-order chi connectivity index (χ1) is 31.2. The van der Waals surface area contributed by atoms with E-state index < -0.39 is 0 Å². The Morgan fingerprint density at radius 2 is 0.778 bits per heavy atom. The van der Waals surface area contributed by atoms with Crippen molar-refractivity contribution in [3.63, 3.8) is 0 Å². The Kier molecular flexibility index (Phi) is 8.75. The standard InChI is InChI=1S/C58H38N4O/c1-4-14-39(15-5-1)41-24-30-45(31-25-41)61(46-32-26-42(27-33-46)40-16-6-2-7-17-40)47-34-28-44(29-35-47)53-38-52(43-18-8-3-9-19-43)59-58(60-53)62-54-22-12-10-20-48(54)50-36-37-51-49-21-11-13-23-55(49)63-57(51)56(50)62/h1-38H. The summed E-state index contributed by atoms with van der Waals surface area (Å²) in [6.45, 7) is 0. The summed E-state index contributed by atoms with van der Waals surface area (Å²) in [6.07, 6.45) is 0. The van der Waals surface area contributed by atoms with E-state index in [9.17, 15) is 0 Å². The first kappa shape index (κ1) is 36.3. The molecule has 0 aliphatic heterocycles. The number of aromatic nitrogens is 3. The summed E-state index contributed by atoms with van der Waals surface area (Å²) in [4.78, 5) is 13.0. The van der Waals surface area contributed by atoms with Gasteiger partial charge in [0, 0.05) is 49.7 Å². The maximum atomic E-state index is 6.67. The van der Waals surface area contributed by atoms with Crippen LogP contribution in [0.5, 0.6) is 0 Å². The van der Waals surface area contributed by atoms with Crippen LogP contribution in [0.2, 0.25) is 0 Å². The van der Waals surface area contributed by atoms with E-state index in [2.05, 4.69) is 222 Å². The molecular weight excluding hydrogens is 769 g/mol. The number of anilines is 3. The molecule has 0 amide bonds. The lowest BCUT2D eigenvalue weighted by atomic mass is 10.0. The maximum absolute atomic E-state index is 6.67. The molecule has 0 saturated carbocycles. The average Bonchev–Trinajstić information content (AvgIpc) is 3.92. The molecule has 63 heavy (non-hydrogen) atoms. The molecule has 0 unspecified atom stereocenters. The number of hydrogen-bond acceptors (Lipinski definition) is 4. The molecule has 0 aliphatic carbocycles. The van der Waals surface area contributed by atoms with Crippen LogP contribution in [-0.4, -0.2) is 14.5 Å². The summed E-state index contributed by atoms with van der Waals surface area (Å²) in [6, 6.07) is 80.9. The fourth-order valence-corrected chi connectivity index (χ4v) is 8.97. The number of hydrogen-bond donors (Lipinski definition) is 0. The topological polar surface area (TPSA) is 47.1 Å². The predicted molar refractivity (Wildman–Crippen MR) is 260 cm³/mol. The average molecular weight is 807 g/mol. The van der Waals surface area contributed by atoms with Gasteiger partial charge in [-0.3, -0.25) is 4.57 Å². The number of fused-ring (bicyclic) bond motifs is 7. The van der Waals surface area contributed by atoms with Gasteiger partial charge in [0.2, 0.25) is 5.95 Å². The minimum Gasteiger partial charge on any atom is -0.454 e. The minimum atomic E-state index is 0.577. The van der Waals surface area contributed by atoms with Crippen molar-refractivity contribution in [2.45, 2.75) is 0 Å². The SMILES string of the molecule is c1ccc(-c2ccc(N(c3ccc(-c4ccccc4)cc3)c3ccc(-c4cc(-c5ccccc5)nc(-n5c6ccccc6c6ccc7c8ccccc8oc7c65)n4)cc3)cc2)cc1. The van der Waals surface area contributed by atoms with Crippen LogP contribution in [0.25, 0.3) is 94.5 Å². The van der Waals surface area contributed by atoms with Crippen LogP contribution < -0.4 is 4.90 Å². The summed E-state index contributed by atoms with van der Waals surface area (Å²) in [5.41, 5.74) is 15.2. The summed E-state index contributed by atoms with van der Waals surface area (Å²) < 4.78 is 8.85. The van der Waals surface area contributed by atoms with Gasteiger partial charge in [-0.2, -0.15) is 0 Å². The molecule has 0 saturated heterocycles. The molecule has 3 heterocycles. The van der Waals surface area contributed by atoms with Gasteiger partial charge in [0.15, 0.2) is 5.58 Å². The van der Waals surface area contributed by atoms with Gasteiger partial charge in [-0.1, -0.05) is 170 Å². The van der Waals surface area contributed by atoms with Crippen molar-refractivity contribution >= 4 is 60.8 Å². The molecule has 12 aromatic rings. The van der Waals surface area contributed by atoms with E-state index in [0.717, 1.165) is 83.3 Å². The zero-order chi connectivity index (χ0) is 41.7. The van der Waals surface area contributed by atoms with Crippen molar-refractivity contribution in [1.29, 1.82) is 0 Å². The van der Waals surface area contributed by atoms with Crippen LogP contribution >= 0.6 is 0 Å². The van der Waals surface area contributed by atoms with Gasteiger partial charge in [-0.25, -0.2) is 9.97 Å². The third-order valence-electron chi connectivity index (χ3n) is 12.0. The van der Waals surface area contributed by atoms with Crippen molar-refractivity contribution in [2.75, 3.05) is 4.90 Å².